The molecule has 0 aliphatic carbocycles. The zero-order chi connectivity index (χ0) is 20.4. The van der Waals surface area contributed by atoms with Gasteiger partial charge in [0.25, 0.3) is 0 Å². The Hall–Kier alpha value is -2.42. The Balaban J connectivity index is 1.73. The number of ether oxygens (including phenoxy) is 1. The van der Waals surface area contributed by atoms with Gasteiger partial charge in [0.15, 0.2) is 0 Å². The van der Waals surface area contributed by atoms with Crippen LogP contribution in [0.2, 0.25) is 5.02 Å². The molecule has 0 unspecified atom stereocenters. The number of aromatic nitrogens is 1. The van der Waals surface area contributed by atoms with E-state index in [4.69, 9.17) is 20.8 Å². The van der Waals surface area contributed by atoms with Gasteiger partial charge in [-0.25, -0.2) is 12.8 Å². The van der Waals surface area contributed by atoms with Crippen LogP contribution in [-0.4, -0.2) is 32.7 Å². The molecule has 4 rings (SSSR count). The average Bonchev–Trinajstić information content (AvgIpc) is 3.37. The number of rotatable bonds is 6. The Bertz CT molecular complexity index is 1090. The lowest BCUT2D eigenvalue weighted by atomic mass is 10.2. The van der Waals surface area contributed by atoms with Crippen LogP contribution in [-0.2, 0) is 14.6 Å². The molecule has 29 heavy (non-hydrogen) atoms. The van der Waals surface area contributed by atoms with Crippen LogP contribution in [0.4, 0.5) is 10.3 Å². The molecule has 1 atom stereocenters. The first kappa shape index (κ1) is 19.9. The van der Waals surface area contributed by atoms with Crippen LogP contribution in [0.15, 0.2) is 62.9 Å². The monoisotopic (exact) mass is 436 g/mol. The number of benzene rings is 2. The molecule has 1 N–H and O–H groups in total. The van der Waals surface area contributed by atoms with E-state index >= 15 is 0 Å². The first-order chi connectivity index (χ1) is 13.9. The molecule has 1 aliphatic heterocycles. The molecule has 0 bridgehead atoms. The highest BCUT2D eigenvalue weighted by Gasteiger charge is 2.29. The normalized spacial score (nSPS) is 16.8. The number of oxazole rings is 1. The van der Waals surface area contributed by atoms with Crippen molar-refractivity contribution in [1.82, 2.24) is 4.98 Å². The molecule has 2 aromatic carbocycles. The quantitative estimate of drug-likeness (QED) is 0.610. The van der Waals surface area contributed by atoms with E-state index in [0.717, 1.165) is 12.8 Å². The predicted octanol–water partition coefficient (Wildman–Crippen LogP) is 4.56. The molecule has 1 fully saturated rings. The lowest BCUT2D eigenvalue weighted by Gasteiger charge is -2.10. The molecule has 0 saturated carbocycles. The van der Waals surface area contributed by atoms with Gasteiger partial charge in [-0.3, -0.25) is 0 Å². The predicted molar refractivity (Wildman–Crippen MR) is 106 cm³/mol. The summed E-state index contributed by atoms with van der Waals surface area (Å²) in [5.74, 6) is -0.312. The molecular formula is C20H18ClFN2O4S. The summed E-state index contributed by atoms with van der Waals surface area (Å²) in [4.78, 5) is 4.26. The summed E-state index contributed by atoms with van der Waals surface area (Å²) in [5.41, 5.74) is 0.462. The maximum absolute atomic E-state index is 13.2. The number of nitrogens with one attached hydrogen (secondary N) is 1. The van der Waals surface area contributed by atoms with Crippen LogP contribution in [0.5, 0.6) is 0 Å². The Morgan fingerprint density at radius 3 is 2.52 bits per heavy atom. The fraction of sp³-hybridized carbons (Fsp3) is 0.250. The van der Waals surface area contributed by atoms with E-state index in [1.165, 1.54) is 48.5 Å². The third kappa shape index (κ3) is 4.29. The number of sulfone groups is 1. The van der Waals surface area contributed by atoms with Gasteiger partial charge in [0.2, 0.25) is 26.6 Å². The van der Waals surface area contributed by atoms with Crippen molar-refractivity contribution in [2.75, 3.05) is 18.5 Å². The molecule has 2 heterocycles. The zero-order valence-electron chi connectivity index (χ0n) is 15.3. The van der Waals surface area contributed by atoms with Crippen LogP contribution in [0.3, 0.4) is 0 Å². The van der Waals surface area contributed by atoms with Gasteiger partial charge in [-0.15, -0.1) is 0 Å². The summed E-state index contributed by atoms with van der Waals surface area (Å²) in [6.45, 7) is 1.07. The van der Waals surface area contributed by atoms with Crippen molar-refractivity contribution < 1.29 is 22.0 Å². The van der Waals surface area contributed by atoms with Gasteiger partial charge in [0, 0.05) is 23.7 Å². The van der Waals surface area contributed by atoms with Gasteiger partial charge in [0.1, 0.15) is 5.82 Å². The minimum atomic E-state index is -3.97. The number of nitrogens with zero attached hydrogens (tertiary/aromatic N) is 1. The second-order valence-corrected chi connectivity index (χ2v) is 8.93. The number of hydrogen-bond acceptors (Lipinski definition) is 6. The highest BCUT2D eigenvalue weighted by Crippen LogP contribution is 2.33. The van der Waals surface area contributed by atoms with Gasteiger partial charge in [0.05, 0.1) is 11.0 Å². The third-order valence-corrected chi connectivity index (χ3v) is 6.51. The third-order valence-electron chi connectivity index (χ3n) is 4.58. The molecule has 0 radical (unpaired) electrons. The van der Waals surface area contributed by atoms with Gasteiger partial charge in [-0.05, 0) is 61.4 Å². The minimum absolute atomic E-state index is 0.0229. The molecule has 9 heteroatoms. The van der Waals surface area contributed by atoms with Crippen LogP contribution in [0.1, 0.15) is 12.8 Å². The summed E-state index contributed by atoms with van der Waals surface area (Å²) in [7, 11) is -3.97. The van der Waals surface area contributed by atoms with Gasteiger partial charge in [-0.1, -0.05) is 11.6 Å². The topological polar surface area (TPSA) is 81.4 Å². The fourth-order valence-electron chi connectivity index (χ4n) is 3.05. The molecule has 0 amide bonds. The number of hydrogen-bond donors (Lipinski definition) is 1. The second-order valence-electron chi connectivity index (χ2n) is 6.63. The highest BCUT2D eigenvalue weighted by molar-refractivity contribution is 7.91. The molecule has 1 aliphatic rings. The van der Waals surface area contributed by atoms with Crippen LogP contribution in [0, 0.1) is 5.82 Å². The maximum atomic E-state index is 13.2. The van der Waals surface area contributed by atoms with Crippen molar-refractivity contribution in [3.63, 3.8) is 0 Å². The van der Waals surface area contributed by atoms with E-state index < -0.39 is 15.7 Å². The van der Waals surface area contributed by atoms with Crippen molar-refractivity contribution >= 4 is 27.3 Å². The van der Waals surface area contributed by atoms with Crippen molar-refractivity contribution in [2.45, 2.75) is 28.9 Å². The lowest BCUT2D eigenvalue weighted by molar-refractivity contribution is 0.120. The highest BCUT2D eigenvalue weighted by atomic mass is 35.5. The number of anilines is 1. The van der Waals surface area contributed by atoms with Gasteiger partial charge < -0.3 is 14.5 Å². The Labute approximate surface area is 172 Å². The number of halogens is 2. The van der Waals surface area contributed by atoms with E-state index in [9.17, 15) is 12.8 Å². The first-order valence-electron chi connectivity index (χ1n) is 9.06. The standard InChI is InChI=1S/C20H18ClFN2O4S/c21-14-5-9-17(10-6-14)29(25,26)20-19(23-12-16-2-1-11-27-16)28-18(24-20)13-3-7-15(22)8-4-13/h3-10,16,23H,1-2,11-12H2/t16-/m1/s1. The van der Waals surface area contributed by atoms with Gasteiger partial charge >= 0.3 is 0 Å². The summed E-state index contributed by atoms with van der Waals surface area (Å²) in [6.07, 6.45) is 1.81. The van der Waals surface area contributed by atoms with Crippen molar-refractivity contribution in [1.29, 1.82) is 0 Å². The van der Waals surface area contributed by atoms with E-state index in [2.05, 4.69) is 10.3 Å². The Kier molecular flexibility index (Phi) is 5.58. The molecule has 0 spiro atoms. The van der Waals surface area contributed by atoms with Crippen molar-refractivity contribution in [3.05, 3.63) is 59.4 Å². The van der Waals surface area contributed by atoms with E-state index in [1.54, 1.807) is 0 Å². The lowest BCUT2D eigenvalue weighted by Crippen LogP contribution is -2.19. The van der Waals surface area contributed by atoms with Crippen molar-refractivity contribution in [3.8, 4) is 11.5 Å². The Morgan fingerprint density at radius 2 is 1.86 bits per heavy atom. The molecule has 3 aromatic rings. The van der Waals surface area contributed by atoms with Crippen molar-refractivity contribution in [2.24, 2.45) is 0 Å². The van der Waals surface area contributed by atoms with E-state index in [-0.39, 0.29) is 27.8 Å². The first-order valence-corrected chi connectivity index (χ1v) is 10.9. The molecule has 1 saturated heterocycles. The summed E-state index contributed by atoms with van der Waals surface area (Å²) < 4.78 is 50.9. The molecule has 152 valence electrons. The smallest absolute Gasteiger partial charge is 0.233 e. The average molecular weight is 437 g/mol. The SMILES string of the molecule is O=S(=O)(c1ccc(Cl)cc1)c1nc(-c2ccc(F)cc2)oc1NC[C@H]1CCCO1. The minimum Gasteiger partial charge on any atom is -0.419 e. The fourth-order valence-corrected chi connectivity index (χ4v) is 4.46. The largest absolute Gasteiger partial charge is 0.419 e. The maximum Gasteiger partial charge on any atom is 0.233 e. The zero-order valence-corrected chi connectivity index (χ0v) is 16.8. The summed E-state index contributed by atoms with van der Waals surface area (Å²) in [5, 5.41) is 3.20. The molecule has 1 aromatic heterocycles. The van der Waals surface area contributed by atoms with Gasteiger partial charge in [-0.2, -0.15) is 4.98 Å². The summed E-state index contributed by atoms with van der Waals surface area (Å²) >= 11 is 5.87. The Morgan fingerprint density at radius 1 is 1.14 bits per heavy atom. The molecular weight excluding hydrogens is 419 g/mol. The second kappa shape index (κ2) is 8.14. The van der Waals surface area contributed by atoms with E-state index in [1.807, 2.05) is 0 Å². The van der Waals surface area contributed by atoms with E-state index in [0.29, 0.717) is 23.7 Å². The van der Waals surface area contributed by atoms with Crippen LogP contribution >= 0.6 is 11.6 Å². The molecule has 6 nitrogen and oxygen atoms in total. The van der Waals surface area contributed by atoms with Crippen LogP contribution < -0.4 is 5.32 Å². The summed E-state index contributed by atoms with van der Waals surface area (Å²) in [6, 6.07) is 11.3. The van der Waals surface area contributed by atoms with Crippen LogP contribution in [0.25, 0.3) is 11.5 Å².